The van der Waals surface area contributed by atoms with E-state index in [9.17, 15) is 0 Å². The van der Waals surface area contributed by atoms with E-state index in [1.165, 1.54) is 12.8 Å². The number of unbranched alkanes of at least 4 members (excludes halogenated alkanes) is 2. The number of nitrogens with one attached hydrogen (secondary N) is 1. The highest BCUT2D eigenvalue weighted by molar-refractivity contribution is 5.77. The highest BCUT2D eigenvalue weighted by Crippen LogP contribution is 1.92. The first-order valence-electron chi connectivity index (χ1n) is 3.83. The second-order valence-corrected chi connectivity index (χ2v) is 2.24. The Kier molecular flexibility index (Phi) is 6.37. The topological polar surface area (TPSA) is 62.8 Å². The van der Waals surface area contributed by atoms with Crippen LogP contribution < -0.4 is 11.2 Å². The van der Waals surface area contributed by atoms with Gasteiger partial charge in [0.2, 0.25) is 5.96 Å². The number of nitrogens with zero attached hydrogens (tertiary/aromatic N) is 2. The first kappa shape index (κ1) is 9.94. The van der Waals surface area contributed by atoms with Crippen LogP contribution in [-0.2, 0) is 0 Å². The number of guanidine groups is 1. The van der Waals surface area contributed by atoms with Crippen molar-refractivity contribution >= 4 is 12.7 Å². The number of hydrogen-bond donors (Lipinski definition) is 2. The molecule has 4 nitrogen and oxygen atoms in total. The lowest BCUT2D eigenvalue weighted by molar-refractivity contribution is 0.725. The van der Waals surface area contributed by atoms with Gasteiger partial charge in [-0.15, -0.1) is 0 Å². The Morgan fingerprint density at radius 2 is 2.27 bits per heavy atom. The summed E-state index contributed by atoms with van der Waals surface area (Å²) in [6.45, 7) is 6.14. The van der Waals surface area contributed by atoms with E-state index in [0.29, 0.717) is 5.96 Å². The lowest BCUT2D eigenvalue weighted by Crippen LogP contribution is -2.27. The minimum atomic E-state index is 0.344. The number of rotatable bonds is 5. The molecule has 0 aliphatic carbocycles. The number of hydrogen-bond acceptors (Lipinski definition) is 2. The molecule has 0 unspecified atom stereocenters. The average Bonchev–Trinajstić information content (AvgIpc) is 1.99. The zero-order chi connectivity index (χ0) is 8.53. The van der Waals surface area contributed by atoms with Crippen molar-refractivity contribution in [3.8, 4) is 0 Å². The summed E-state index contributed by atoms with van der Waals surface area (Å²) < 4.78 is 0. The predicted molar refractivity (Wildman–Crippen MR) is 48.7 cm³/mol. The van der Waals surface area contributed by atoms with Crippen LogP contribution in [0.25, 0.3) is 0 Å². The van der Waals surface area contributed by atoms with Crippen LogP contribution >= 0.6 is 0 Å². The van der Waals surface area contributed by atoms with Gasteiger partial charge in [0.05, 0.1) is 0 Å². The van der Waals surface area contributed by atoms with E-state index in [4.69, 9.17) is 5.73 Å². The molecule has 0 aliphatic rings. The van der Waals surface area contributed by atoms with Gasteiger partial charge >= 0.3 is 0 Å². The summed E-state index contributed by atoms with van der Waals surface area (Å²) in [5.74, 6) is 0.344. The molecule has 0 bridgehead atoms. The first-order chi connectivity index (χ1) is 5.31. The molecule has 4 heteroatoms. The van der Waals surface area contributed by atoms with Crippen molar-refractivity contribution in [3.63, 3.8) is 0 Å². The molecule has 0 saturated heterocycles. The Labute approximate surface area is 67.6 Å². The van der Waals surface area contributed by atoms with Gasteiger partial charge in [-0.3, -0.25) is 4.99 Å². The van der Waals surface area contributed by atoms with E-state index in [1.54, 1.807) is 0 Å². The standard InChI is InChI=1S/C7H16N4/c1-3-4-5-6-10-7(8)11-9-2/h2-6H2,1H3,(H3,8,10,11). The summed E-state index contributed by atoms with van der Waals surface area (Å²) in [5, 5.41) is 3.38. The highest BCUT2D eigenvalue weighted by Gasteiger charge is 1.86. The van der Waals surface area contributed by atoms with Gasteiger partial charge in [0.25, 0.3) is 0 Å². The molecule has 0 spiro atoms. The molecule has 3 N–H and O–H groups in total. The van der Waals surface area contributed by atoms with Crippen molar-refractivity contribution < 1.29 is 0 Å². The fourth-order valence-corrected chi connectivity index (χ4v) is 0.678. The summed E-state index contributed by atoms with van der Waals surface area (Å²) in [4.78, 5) is 4.00. The number of hydrazone groups is 1. The summed E-state index contributed by atoms with van der Waals surface area (Å²) in [6, 6.07) is 0. The molecular formula is C7H16N4. The van der Waals surface area contributed by atoms with Crippen LogP contribution in [0.1, 0.15) is 26.2 Å². The molecule has 0 aromatic carbocycles. The fourth-order valence-electron chi connectivity index (χ4n) is 0.678. The van der Waals surface area contributed by atoms with E-state index in [2.05, 4.69) is 29.2 Å². The summed E-state index contributed by atoms with van der Waals surface area (Å²) in [5.41, 5.74) is 7.84. The smallest absolute Gasteiger partial charge is 0.209 e. The third-order valence-corrected chi connectivity index (χ3v) is 1.24. The lowest BCUT2D eigenvalue weighted by Gasteiger charge is -1.97. The predicted octanol–water partition coefficient (Wildman–Crippen LogP) is 0.696. The monoisotopic (exact) mass is 156 g/mol. The second-order valence-electron chi connectivity index (χ2n) is 2.24. The zero-order valence-corrected chi connectivity index (χ0v) is 7.01. The molecule has 64 valence electrons. The summed E-state index contributed by atoms with van der Waals surface area (Å²) >= 11 is 0. The van der Waals surface area contributed by atoms with Crippen molar-refractivity contribution in [1.82, 2.24) is 5.43 Å². The van der Waals surface area contributed by atoms with Crippen molar-refractivity contribution in [1.29, 1.82) is 0 Å². The largest absolute Gasteiger partial charge is 0.369 e. The maximum absolute atomic E-state index is 5.37. The summed E-state index contributed by atoms with van der Waals surface area (Å²) in [6.07, 6.45) is 3.47. The van der Waals surface area contributed by atoms with Gasteiger partial charge in [-0.1, -0.05) is 19.8 Å². The lowest BCUT2D eigenvalue weighted by atomic mass is 10.2. The molecule has 0 atom stereocenters. The number of nitrogens with two attached hydrogens (primary N) is 1. The molecule has 0 fully saturated rings. The van der Waals surface area contributed by atoms with Crippen LogP contribution in [0.5, 0.6) is 0 Å². The van der Waals surface area contributed by atoms with E-state index in [0.717, 1.165) is 13.0 Å². The van der Waals surface area contributed by atoms with Gasteiger partial charge < -0.3 is 5.73 Å². The molecule has 0 heterocycles. The Balaban J connectivity index is 3.31. The fraction of sp³-hybridized carbons (Fsp3) is 0.714. The normalized spacial score (nSPS) is 11.2. The van der Waals surface area contributed by atoms with Crippen molar-refractivity contribution in [2.45, 2.75) is 26.2 Å². The third-order valence-electron chi connectivity index (χ3n) is 1.24. The SMILES string of the molecule is C=NNC(N)=NCCCCC. The zero-order valence-electron chi connectivity index (χ0n) is 7.01. The highest BCUT2D eigenvalue weighted by atomic mass is 15.3. The van der Waals surface area contributed by atoms with Crippen LogP contribution in [0.15, 0.2) is 10.1 Å². The molecule has 11 heavy (non-hydrogen) atoms. The van der Waals surface area contributed by atoms with Gasteiger partial charge in [-0.05, 0) is 6.42 Å². The average molecular weight is 156 g/mol. The first-order valence-corrected chi connectivity index (χ1v) is 3.83. The Bertz CT molecular complexity index is 130. The number of aliphatic imine (C=N–C) groups is 1. The van der Waals surface area contributed by atoms with E-state index in [-0.39, 0.29) is 0 Å². The van der Waals surface area contributed by atoms with Crippen molar-refractivity contribution in [3.05, 3.63) is 0 Å². The minimum Gasteiger partial charge on any atom is -0.369 e. The molecule has 0 saturated carbocycles. The Hall–Kier alpha value is -1.06. The van der Waals surface area contributed by atoms with Crippen LogP contribution in [0.2, 0.25) is 0 Å². The third kappa shape index (κ3) is 6.83. The molecule has 0 aliphatic heterocycles. The van der Waals surface area contributed by atoms with Gasteiger partial charge in [0, 0.05) is 13.3 Å². The van der Waals surface area contributed by atoms with Crippen LogP contribution in [0.4, 0.5) is 0 Å². The molecule has 0 amide bonds. The van der Waals surface area contributed by atoms with E-state index in [1.807, 2.05) is 0 Å². The van der Waals surface area contributed by atoms with Crippen LogP contribution in [0, 0.1) is 0 Å². The molecule has 0 radical (unpaired) electrons. The van der Waals surface area contributed by atoms with Crippen LogP contribution in [-0.4, -0.2) is 19.2 Å². The van der Waals surface area contributed by atoms with Crippen molar-refractivity contribution in [2.75, 3.05) is 6.54 Å². The maximum Gasteiger partial charge on any atom is 0.209 e. The Morgan fingerprint density at radius 1 is 1.55 bits per heavy atom. The maximum atomic E-state index is 5.37. The van der Waals surface area contributed by atoms with Gasteiger partial charge in [-0.2, -0.15) is 5.10 Å². The quantitative estimate of drug-likeness (QED) is 0.266. The van der Waals surface area contributed by atoms with Gasteiger partial charge in [0.15, 0.2) is 0 Å². The van der Waals surface area contributed by atoms with E-state index >= 15 is 0 Å². The van der Waals surface area contributed by atoms with Crippen LogP contribution in [0.3, 0.4) is 0 Å². The minimum absolute atomic E-state index is 0.344. The molecule has 0 rings (SSSR count). The van der Waals surface area contributed by atoms with Crippen molar-refractivity contribution in [2.24, 2.45) is 15.8 Å². The molecular weight excluding hydrogens is 140 g/mol. The summed E-state index contributed by atoms with van der Waals surface area (Å²) in [7, 11) is 0. The van der Waals surface area contributed by atoms with Gasteiger partial charge in [-0.25, -0.2) is 5.43 Å². The molecule has 0 aromatic heterocycles. The second kappa shape index (κ2) is 7.05. The molecule has 0 aromatic rings. The Morgan fingerprint density at radius 3 is 2.82 bits per heavy atom. The van der Waals surface area contributed by atoms with Gasteiger partial charge in [0.1, 0.15) is 0 Å². The van der Waals surface area contributed by atoms with E-state index < -0.39 is 0 Å².